The average Bonchev–Trinajstić information content (AvgIpc) is 2.94. The summed E-state index contributed by atoms with van der Waals surface area (Å²) in [6, 6.07) is 9.33. The predicted octanol–water partition coefficient (Wildman–Crippen LogP) is 0.808. The molecule has 2 rings (SSSR count). The molecule has 0 aliphatic carbocycles. The Morgan fingerprint density at radius 2 is 2.00 bits per heavy atom. The molecule has 0 fully saturated rings. The second-order valence-corrected chi connectivity index (χ2v) is 3.94. The van der Waals surface area contributed by atoms with Crippen molar-refractivity contribution in [1.82, 2.24) is 15.0 Å². The molecule has 0 bridgehead atoms. The fraction of sp³-hybridized carbons (Fsp3) is 0.231. The second-order valence-electron chi connectivity index (χ2n) is 3.94. The second kappa shape index (κ2) is 6.46. The van der Waals surface area contributed by atoms with Crippen LogP contribution in [-0.2, 0) is 27.4 Å². The Morgan fingerprint density at radius 1 is 1.25 bits per heavy atom. The van der Waals surface area contributed by atoms with E-state index in [0.717, 1.165) is 5.56 Å². The van der Waals surface area contributed by atoms with Gasteiger partial charge in [-0.05, 0) is 5.56 Å². The SMILES string of the molecule is COC(=O)c1cn(CC(=O)OCc2ccccc2)nn1. The van der Waals surface area contributed by atoms with Crippen LogP contribution in [-0.4, -0.2) is 34.0 Å². The van der Waals surface area contributed by atoms with Crippen molar-refractivity contribution in [2.24, 2.45) is 0 Å². The van der Waals surface area contributed by atoms with Crippen LogP contribution < -0.4 is 0 Å². The van der Waals surface area contributed by atoms with Gasteiger partial charge in [0.15, 0.2) is 5.69 Å². The summed E-state index contributed by atoms with van der Waals surface area (Å²) in [5, 5.41) is 7.23. The van der Waals surface area contributed by atoms with Gasteiger partial charge in [-0.2, -0.15) is 0 Å². The molecule has 7 nitrogen and oxygen atoms in total. The van der Waals surface area contributed by atoms with E-state index in [2.05, 4.69) is 15.0 Å². The molecular weight excluding hydrogens is 262 g/mol. The summed E-state index contributed by atoms with van der Waals surface area (Å²) in [4.78, 5) is 22.8. The van der Waals surface area contributed by atoms with Crippen LogP contribution >= 0.6 is 0 Å². The molecule has 1 heterocycles. The number of nitrogens with zero attached hydrogens (tertiary/aromatic N) is 3. The largest absolute Gasteiger partial charge is 0.464 e. The minimum atomic E-state index is -0.603. The first-order chi connectivity index (χ1) is 9.69. The summed E-state index contributed by atoms with van der Waals surface area (Å²) in [5.41, 5.74) is 0.943. The third-order valence-corrected chi connectivity index (χ3v) is 2.47. The lowest BCUT2D eigenvalue weighted by Crippen LogP contribution is -2.14. The van der Waals surface area contributed by atoms with Crippen LogP contribution in [0.2, 0.25) is 0 Å². The lowest BCUT2D eigenvalue weighted by atomic mass is 10.2. The van der Waals surface area contributed by atoms with Gasteiger partial charge in [0.05, 0.1) is 13.3 Å². The number of aromatic nitrogens is 3. The number of ether oxygens (including phenoxy) is 2. The van der Waals surface area contributed by atoms with Crippen molar-refractivity contribution < 1.29 is 19.1 Å². The molecule has 0 atom stereocenters. The molecule has 0 spiro atoms. The van der Waals surface area contributed by atoms with E-state index in [4.69, 9.17) is 4.74 Å². The van der Waals surface area contributed by atoms with Crippen molar-refractivity contribution in [2.45, 2.75) is 13.2 Å². The summed E-state index contributed by atoms with van der Waals surface area (Å²) in [5.74, 6) is -1.07. The number of esters is 2. The molecule has 2 aromatic rings. The van der Waals surface area contributed by atoms with Crippen LogP contribution in [0.3, 0.4) is 0 Å². The highest BCUT2D eigenvalue weighted by Gasteiger charge is 2.12. The van der Waals surface area contributed by atoms with Crippen molar-refractivity contribution in [3.63, 3.8) is 0 Å². The van der Waals surface area contributed by atoms with Gasteiger partial charge in [-0.1, -0.05) is 35.5 Å². The highest BCUT2D eigenvalue weighted by atomic mass is 16.5. The summed E-state index contributed by atoms with van der Waals surface area (Å²) in [6.07, 6.45) is 1.33. The van der Waals surface area contributed by atoms with Crippen molar-refractivity contribution in [3.05, 3.63) is 47.8 Å². The van der Waals surface area contributed by atoms with Gasteiger partial charge in [0, 0.05) is 0 Å². The van der Waals surface area contributed by atoms with E-state index in [9.17, 15) is 9.59 Å². The van der Waals surface area contributed by atoms with E-state index in [1.165, 1.54) is 18.0 Å². The Bertz CT molecular complexity index is 595. The zero-order valence-electron chi connectivity index (χ0n) is 10.9. The standard InChI is InChI=1S/C13H13N3O4/c1-19-13(18)11-7-16(15-14-11)8-12(17)20-9-10-5-3-2-4-6-10/h2-7H,8-9H2,1H3. The zero-order valence-corrected chi connectivity index (χ0v) is 10.9. The summed E-state index contributed by atoms with van der Waals surface area (Å²) >= 11 is 0. The molecule has 7 heteroatoms. The van der Waals surface area contributed by atoms with E-state index in [0.29, 0.717) is 0 Å². The molecule has 0 radical (unpaired) electrons. The summed E-state index contributed by atoms with van der Waals surface area (Å²) in [7, 11) is 1.25. The van der Waals surface area contributed by atoms with Gasteiger partial charge in [-0.25, -0.2) is 9.48 Å². The van der Waals surface area contributed by atoms with Crippen LogP contribution in [0.4, 0.5) is 0 Å². The molecule has 20 heavy (non-hydrogen) atoms. The van der Waals surface area contributed by atoms with E-state index < -0.39 is 11.9 Å². The molecule has 0 N–H and O–H groups in total. The normalized spacial score (nSPS) is 10.1. The number of hydrogen-bond donors (Lipinski definition) is 0. The first-order valence-electron chi connectivity index (χ1n) is 5.87. The Kier molecular flexibility index (Phi) is 4.43. The van der Waals surface area contributed by atoms with Crippen LogP contribution in [0, 0.1) is 0 Å². The topological polar surface area (TPSA) is 83.3 Å². The predicted molar refractivity (Wildman–Crippen MR) is 67.6 cm³/mol. The molecule has 0 aliphatic heterocycles. The number of carbonyl (C=O) groups is 2. The maximum Gasteiger partial charge on any atom is 0.360 e. The molecule has 0 amide bonds. The lowest BCUT2D eigenvalue weighted by molar-refractivity contribution is -0.145. The number of carbonyl (C=O) groups excluding carboxylic acids is 2. The molecule has 104 valence electrons. The van der Waals surface area contributed by atoms with Crippen molar-refractivity contribution >= 4 is 11.9 Å². The maximum atomic E-state index is 11.6. The first kappa shape index (κ1) is 13.7. The minimum Gasteiger partial charge on any atom is -0.464 e. The Hall–Kier alpha value is -2.70. The molecule has 1 aromatic carbocycles. The smallest absolute Gasteiger partial charge is 0.360 e. The lowest BCUT2D eigenvalue weighted by Gasteiger charge is -2.04. The Morgan fingerprint density at radius 3 is 2.70 bits per heavy atom. The Balaban J connectivity index is 1.85. The van der Waals surface area contributed by atoms with Gasteiger partial charge >= 0.3 is 11.9 Å². The number of rotatable bonds is 5. The third-order valence-electron chi connectivity index (χ3n) is 2.47. The van der Waals surface area contributed by atoms with Crippen molar-refractivity contribution in [1.29, 1.82) is 0 Å². The van der Waals surface area contributed by atoms with E-state index in [1.54, 1.807) is 0 Å². The molecule has 0 saturated heterocycles. The van der Waals surface area contributed by atoms with Gasteiger partial charge in [-0.15, -0.1) is 5.10 Å². The fourth-order valence-electron chi connectivity index (χ4n) is 1.49. The first-order valence-corrected chi connectivity index (χ1v) is 5.87. The van der Waals surface area contributed by atoms with Crippen LogP contribution in [0.25, 0.3) is 0 Å². The third kappa shape index (κ3) is 3.64. The number of methoxy groups -OCH3 is 1. The fourth-order valence-corrected chi connectivity index (χ4v) is 1.49. The van der Waals surface area contributed by atoms with Gasteiger partial charge in [0.2, 0.25) is 0 Å². The molecule has 0 aliphatic rings. The van der Waals surface area contributed by atoms with E-state index in [-0.39, 0.29) is 18.8 Å². The van der Waals surface area contributed by atoms with Crippen LogP contribution in [0.1, 0.15) is 16.1 Å². The summed E-state index contributed by atoms with van der Waals surface area (Å²) < 4.78 is 10.8. The van der Waals surface area contributed by atoms with E-state index in [1.807, 2.05) is 30.3 Å². The van der Waals surface area contributed by atoms with Gasteiger partial charge < -0.3 is 9.47 Å². The van der Waals surface area contributed by atoms with Crippen molar-refractivity contribution in [2.75, 3.05) is 7.11 Å². The highest BCUT2D eigenvalue weighted by Crippen LogP contribution is 2.02. The van der Waals surface area contributed by atoms with Gasteiger partial charge in [0.1, 0.15) is 13.2 Å². The number of hydrogen-bond acceptors (Lipinski definition) is 6. The maximum absolute atomic E-state index is 11.6. The van der Waals surface area contributed by atoms with Crippen molar-refractivity contribution in [3.8, 4) is 0 Å². The highest BCUT2D eigenvalue weighted by molar-refractivity contribution is 5.86. The molecule has 0 unspecified atom stereocenters. The van der Waals surface area contributed by atoms with E-state index >= 15 is 0 Å². The average molecular weight is 275 g/mol. The zero-order chi connectivity index (χ0) is 14.4. The molecular formula is C13H13N3O4. The van der Waals surface area contributed by atoms with Crippen LogP contribution in [0.15, 0.2) is 36.5 Å². The Labute approximate surface area is 115 Å². The van der Waals surface area contributed by atoms with Gasteiger partial charge in [0.25, 0.3) is 0 Å². The summed E-state index contributed by atoms with van der Waals surface area (Å²) in [6.45, 7) is 0.0784. The minimum absolute atomic E-state index is 0.0448. The number of benzene rings is 1. The van der Waals surface area contributed by atoms with Crippen LogP contribution in [0.5, 0.6) is 0 Å². The molecule has 0 saturated carbocycles. The van der Waals surface area contributed by atoms with Gasteiger partial charge in [-0.3, -0.25) is 4.79 Å². The quantitative estimate of drug-likeness (QED) is 0.751. The molecule has 1 aromatic heterocycles. The monoisotopic (exact) mass is 275 g/mol.